The molecular weight excluding hydrogens is 349 g/mol. The highest BCUT2D eigenvalue weighted by Gasteiger charge is 2.44. The molecule has 0 saturated carbocycles. The molecule has 0 aliphatic carbocycles. The third-order valence-electron chi connectivity index (χ3n) is 3.74. The van der Waals surface area contributed by atoms with Crippen LogP contribution in [-0.4, -0.2) is 41.3 Å². The summed E-state index contributed by atoms with van der Waals surface area (Å²) in [5, 5.41) is 14.4. The van der Waals surface area contributed by atoms with Crippen molar-refractivity contribution in [2.24, 2.45) is 5.92 Å². The minimum Gasteiger partial charge on any atom is -0.382 e. The maximum atomic E-state index is 13.0. The summed E-state index contributed by atoms with van der Waals surface area (Å²) in [7, 11) is 0. The summed E-state index contributed by atoms with van der Waals surface area (Å²) >= 11 is 0. The molecule has 0 aliphatic rings. The molecule has 0 aromatic heterocycles. The molecule has 0 bridgehead atoms. The zero-order chi connectivity index (χ0) is 19.9. The first-order chi connectivity index (χ1) is 12.0. The third kappa shape index (κ3) is 7.43. The number of aliphatic hydroxyl groups is 1. The Morgan fingerprint density at radius 2 is 1.69 bits per heavy atom. The predicted octanol–water partition coefficient (Wildman–Crippen LogP) is 2.19. The van der Waals surface area contributed by atoms with E-state index in [1.807, 2.05) is 13.8 Å². The van der Waals surface area contributed by atoms with E-state index in [1.165, 1.54) is 6.92 Å². The Labute approximate surface area is 151 Å². The van der Waals surface area contributed by atoms with Crippen LogP contribution in [0.3, 0.4) is 0 Å². The Hall–Kier alpha value is -2.09. The Morgan fingerprint density at radius 3 is 2.15 bits per heavy atom. The topological polar surface area (TPSA) is 78.4 Å². The number of hydrogen-bond donors (Lipinski definition) is 3. The number of nitrogens with one attached hydrogen (secondary N) is 2. The highest BCUT2D eigenvalue weighted by atomic mass is 19.4. The second-order valence-electron chi connectivity index (χ2n) is 6.67. The van der Waals surface area contributed by atoms with Crippen LogP contribution >= 0.6 is 0 Å². The lowest BCUT2D eigenvalue weighted by Gasteiger charge is -2.28. The lowest BCUT2D eigenvalue weighted by molar-refractivity contribution is -0.212. The third-order valence-corrected chi connectivity index (χ3v) is 3.74. The number of halogens is 3. The number of hydrogen-bond acceptors (Lipinski definition) is 3. The van der Waals surface area contributed by atoms with Crippen molar-refractivity contribution in [2.45, 2.75) is 58.0 Å². The minimum absolute atomic E-state index is 0.0395. The second-order valence-corrected chi connectivity index (χ2v) is 6.67. The first kappa shape index (κ1) is 22.0. The standard InChI is InChI=1S/C18H25F3N2O3/c1-11(2)9-15(22-12(3)24)17(26)23-14(16(25)18(19,20)21)10-13-7-5-4-6-8-13/h4-8,11,14-16,25H,9-10H2,1-3H3,(H,22,24)(H,23,26)/t14-,15-,16-/m0/s1. The van der Waals surface area contributed by atoms with Crippen LogP contribution in [0.2, 0.25) is 0 Å². The van der Waals surface area contributed by atoms with Crippen LogP contribution in [0, 0.1) is 5.92 Å². The van der Waals surface area contributed by atoms with Gasteiger partial charge in [0.1, 0.15) is 6.04 Å². The molecule has 0 radical (unpaired) electrons. The Kier molecular flexibility index (Phi) is 8.08. The SMILES string of the molecule is CC(=O)N[C@@H](CC(C)C)C(=O)N[C@@H](Cc1ccccc1)[C@H](O)C(F)(F)F. The molecule has 0 aliphatic heterocycles. The molecule has 0 heterocycles. The zero-order valence-corrected chi connectivity index (χ0v) is 15.0. The van der Waals surface area contributed by atoms with Crippen LogP contribution in [-0.2, 0) is 16.0 Å². The van der Waals surface area contributed by atoms with E-state index in [0.717, 1.165) is 0 Å². The zero-order valence-electron chi connectivity index (χ0n) is 15.0. The monoisotopic (exact) mass is 374 g/mol. The van der Waals surface area contributed by atoms with E-state index in [9.17, 15) is 27.9 Å². The Bertz CT molecular complexity index is 591. The normalized spacial score (nSPS) is 15.2. The van der Waals surface area contributed by atoms with Crippen molar-refractivity contribution >= 4 is 11.8 Å². The van der Waals surface area contributed by atoms with Crippen molar-refractivity contribution in [2.75, 3.05) is 0 Å². The molecule has 0 unspecified atom stereocenters. The number of aliphatic hydroxyl groups excluding tert-OH is 1. The summed E-state index contributed by atoms with van der Waals surface area (Å²) in [5.41, 5.74) is 0.543. The number of carbonyl (C=O) groups excluding carboxylic acids is 2. The molecule has 0 spiro atoms. The van der Waals surface area contributed by atoms with E-state index >= 15 is 0 Å². The molecule has 0 saturated heterocycles. The van der Waals surface area contributed by atoms with Gasteiger partial charge in [-0.3, -0.25) is 9.59 Å². The van der Waals surface area contributed by atoms with Gasteiger partial charge in [-0.05, 0) is 24.3 Å². The van der Waals surface area contributed by atoms with Crippen LogP contribution < -0.4 is 10.6 Å². The van der Waals surface area contributed by atoms with Gasteiger partial charge in [-0.25, -0.2) is 0 Å². The van der Waals surface area contributed by atoms with Crippen LogP contribution in [0.1, 0.15) is 32.8 Å². The van der Waals surface area contributed by atoms with Gasteiger partial charge in [0.15, 0.2) is 6.10 Å². The highest BCUT2D eigenvalue weighted by molar-refractivity contribution is 5.87. The quantitative estimate of drug-likeness (QED) is 0.653. The van der Waals surface area contributed by atoms with Gasteiger partial charge in [0, 0.05) is 6.92 Å². The van der Waals surface area contributed by atoms with E-state index in [4.69, 9.17) is 0 Å². The Balaban J connectivity index is 2.98. The highest BCUT2D eigenvalue weighted by Crippen LogP contribution is 2.24. The van der Waals surface area contributed by atoms with Gasteiger partial charge < -0.3 is 15.7 Å². The molecule has 5 nitrogen and oxygen atoms in total. The number of rotatable bonds is 8. The van der Waals surface area contributed by atoms with E-state index < -0.39 is 36.2 Å². The van der Waals surface area contributed by atoms with Crippen molar-refractivity contribution in [3.8, 4) is 0 Å². The lowest BCUT2D eigenvalue weighted by Crippen LogP contribution is -2.56. The van der Waals surface area contributed by atoms with Gasteiger partial charge in [-0.2, -0.15) is 13.2 Å². The smallest absolute Gasteiger partial charge is 0.382 e. The van der Waals surface area contributed by atoms with E-state index in [1.54, 1.807) is 30.3 Å². The average molecular weight is 374 g/mol. The van der Waals surface area contributed by atoms with E-state index in [2.05, 4.69) is 10.6 Å². The van der Waals surface area contributed by atoms with Crippen LogP contribution in [0.25, 0.3) is 0 Å². The first-order valence-electron chi connectivity index (χ1n) is 8.37. The van der Waals surface area contributed by atoms with E-state index in [-0.39, 0.29) is 18.8 Å². The summed E-state index contributed by atoms with van der Waals surface area (Å²) in [6, 6.07) is 5.73. The molecule has 8 heteroatoms. The van der Waals surface area contributed by atoms with Gasteiger partial charge >= 0.3 is 6.18 Å². The van der Waals surface area contributed by atoms with Crippen molar-refractivity contribution < 1.29 is 27.9 Å². The molecule has 1 aromatic carbocycles. The number of amides is 2. The first-order valence-corrected chi connectivity index (χ1v) is 8.37. The summed E-state index contributed by atoms with van der Waals surface area (Å²) in [6.07, 6.45) is -7.52. The largest absolute Gasteiger partial charge is 0.416 e. The predicted molar refractivity (Wildman–Crippen MR) is 91.2 cm³/mol. The second kappa shape index (κ2) is 9.56. The summed E-state index contributed by atoms with van der Waals surface area (Å²) in [6.45, 7) is 4.88. The van der Waals surface area contributed by atoms with Crippen LogP contribution in [0.15, 0.2) is 30.3 Å². The fourth-order valence-corrected chi connectivity index (χ4v) is 2.57. The molecule has 0 fully saturated rings. The maximum Gasteiger partial charge on any atom is 0.416 e. The summed E-state index contributed by atoms with van der Waals surface area (Å²) < 4.78 is 39.0. The lowest BCUT2D eigenvalue weighted by atomic mass is 9.98. The molecule has 2 amide bonds. The Morgan fingerprint density at radius 1 is 1.12 bits per heavy atom. The number of benzene rings is 1. The molecule has 1 aromatic rings. The maximum absolute atomic E-state index is 13.0. The van der Waals surface area contributed by atoms with Gasteiger partial charge in [0.05, 0.1) is 6.04 Å². The van der Waals surface area contributed by atoms with Gasteiger partial charge in [-0.15, -0.1) is 0 Å². The van der Waals surface area contributed by atoms with Crippen molar-refractivity contribution in [3.63, 3.8) is 0 Å². The van der Waals surface area contributed by atoms with Crippen LogP contribution in [0.4, 0.5) is 13.2 Å². The van der Waals surface area contributed by atoms with E-state index in [0.29, 0.717) is 5.56 Å². The van der Waals surface area contributed by atoms with Crippen molar-refractivity contribution in [1.82, 2.24) is 10.6 Å². The molecule has 1 rings (SSSR count). The van der Waals surface area contributed by atoms with Gasteiger partial charge in [0.2, 0.25) is 11.8 Å². The van der Waals surface area contributed by atoms with Gasteiger partial charge in [-0.1, -0.05) is 44.2 Å². The van der Waals surface area contributed by atoms with Crippen molar-refractivity contribution in [3.05, 3.63) is 35.9 Å². The summed E-state index contributed by atoms with van der Waals surface area (Å²) in [4.78, 5) is 23.7. The molecular formula is C18H25F3N2O3. The number of carbonyl (C=O) groups is 2. The fraction of sp³-hybridized carbons (Fsp3) is 0.556. The minimum atomic E-state index is -4.88. The van der Waals surface area contributed by atoms with Gasteiger partial charge in [0.25, 0.3) is 0 Å². The number of alkyl halides is 3. The average Bonchev–Trinajstić information content (AvgIpc) is 2.52. The molecule has 26 heavy (non-hydrogen) atoms. The summed E-state index contributed by atoms with van der Waals surface area (Å²) in [5.74, 6) is -1.17. The molecule has 3 atom stereocenters. The fourth-order valence-electron chi connectivity index (χ4n) is 2.57. The van der Waals surface area contributed by atoms with Crippen LogP contribution in [0.5, 0.6) is 0 Å². The van der Waals surface area contributed by atoms with Crippen molar-refractivity contribution in [1.29, 1.82) is 0 Å². The molecule has 3 N–H and O–H groups in total. The molecule has 146 valence electrons.